The Morgan fingerprint density at radius 2 is 1.24 bits per heavy atom. The average Bonchev–Trinajstić information content (AvgIpc) is 3.24. The number of aromatic hydroxyl groups is 2. The van der Waals surface area contributed by atoms with Crippen LogP contribution in [-0.2, 0) is 46.4 Å². The molecule has 340 valence electrons. The maximum Gasteiger partial charge on any atom is 0.326 e. The maximum absolute atomic E-state index is 13.5. The highest BCUT2D eigenvalue weighted by Crippen LogP contribution is 2.15. The minimum atomic E-state index is -1.69. The summed E-state index contributed by atoms with van der Waals surface area (Å²) in [5, 5.41) is 63.5. The van der Waals surface area contributed by atoms with Crippen molar-refractivity contribution in [3.8, 4) is 11.5 Å². The number of carbonyl (C=O) groups excluding carboxylic acids is 6. The second-order valence-electron chi connectivity index (χ2n) is 15.0. The van der Waals surface area contributed by atoms with Crippen LogP contribution < -0.4 is 37.6 Å². The smallest absolute Gasteiger partial charge is 0.326 e. The molecule has 0 heterocycles. The summed E-state index contributed by atoms with van der Waals surface area (Å²) in [6.07, 6.45) is 2.19. The van der Waals surface area contributed by atoms with Crippen molar-refractivity contribution in [3.63, 3.8) is 0 Å². The van der Waals surface area contributed by atoms with Crippen LogP contribution in [-0.4, -0.2) is 123 Å². The Kier molecular flexibility index (Phi) is 20.7. The van der Waals surface area contributed by atoms with Gasteiger partial charge in [0, 0.05) is 38.3 Å². The summed E-state index contributed by atoms with van der Waals surface area (Å²) in [5.74, 6) is -6.43. The number of carboxylic acid groups (broad SMARTS) is 1. The van der Waals surface area contributed by atoms with Crippen LogP contribution in [0.1, 0.15) is 49.8 Å². The van der Waals surface area contributed by atoms with Crippen LogP contribution in [0.5, 0.6) is 11.5 Å². The molecule has 3 aromatic rings. The summed E-state index contributed by atoms with van der Waals surface area (Å²) in [5.41, 5.74) is 8.28. The zero-order chi connectivity index (χ0) is 46.5. The number of nitrogens with one attached hydrogen (secondary N) is 6. The van der Waals surface area contributed by atoms with Crippen molar-refractivity contribution in [1.29, 1.82) is 0 Å². The fourth-order valence-corrected chi connectivity index (χ4v) is 6.02. The third kappa shape index (κ3) is 18.4. The molecule has 0 aliphatic heterocycles. The molecular weight excluding hydrogens is 819 g/mol. The van der Waals surface area contributed by atoms with Crippen LogP contribution in [0.4, 0.5) is 0 Å². The van der Waals surface area contributed by atoms with Crippen LogP contribution >= 0.6 is 0 Å². The largest absolute Gasteiger partial charge is 0.508 e. The molecule has 19 heteroatoms. The first kappa shape index (κ1) is 50.5. The first-order chi connectivity index (χ1) is 29.9. The van der Waals surface area contributed by atoms with Crippen molar-refractivity contribution in [3.05, 3.63) is 102 Å². The molecule has 0 aliphatic carbocycles. The quantitative estimate of drug-likeness (QED) is 0.0505. The van der Waals surface area contributed by atoms with Gasteiger partial charge in [0.1, 0.15) is 35.7 Å². The first-order valence-corrected chi connectivity index (χ1v) is 20.2. The second kappa shape index (κ2) is 25.8. The highest BCUT2D eigenvalue weighted by Gasteiger charge is 2.33. The Bertz CT molecular complexity index is 2010. The molecule has 19 nitrogen and oxygen atoms in total. The van der Waals surface area contributed by atoms with Gasteiger partial charge in [-0.2, -0.15) is 0 Å². The lowest BCUT2D eigenvalue weighted by atomic mass is 9.95. The molecule has 63 heavy (non-hydrogen) atoms. The molecule has 0 bridgehead atoms. The fourth-order valence-electron chi connectivity index (χ4n) is 6.02. The lowest BCUT2D eigenvalue weighted by Gasteiger charge is -2.26. The van der Waals surface area contributed by atoms with Gasteiger partial charge < -0.3 is 63.2 Å². The topological polar surface area (TPSA) is 319 Å². The normalized spacial score (nSPS) is 14.4. The Balaban J connectivity index is 1.56. The van der Waals surface area contributed by atoms with Crippen molar-refractivity contribution in [1.82, 2.24) is 31.9 Å². The molecule has 3 aromatic carbocycles. The van der Waals surface area contributed by atoms with Crippen LogP contribution in [0, 0.1) is 5.92 Å². The summed E-state index contributed by atoms with van der Waals surface area (Å²) in [6.45, 7) is 1.37. The maximum atomic E-state index is 13.5. The molecule has 0 saturated carbocycles. The van der Waals surface area contributed by atoms with Crippen molar-refractivity contribution >= 4 is 47.5 Å². The minimum Gasteiger partial charge on any atom is -0.508 e. The molecular formula is C44H57N7O12. The third-order valence-electron chi connectivity index (χ3n) is 9.78. The summed E-state index contributed by atoms with van der Waals surface area (Å²) in [6, 6.07) is 14.6. The molecule has 3 rings (SSSR count). The van der Waals surface area contributed by atoms with Crippen LogP contribution in [0.2, 0.25) is 0 Å². The van der Waals surface area contributed by atoms with E-state index in [0.29, 0.717) is 17.5 Å². The van der Waals surface area contributed by atoms with Gasteiger partial charge in [-0.3, -0.25) is 28.8 Å². The molecule has 0 saturated heterocycles. The van der Waals surface area contributed by atoms with Gasteiger partial charge in [0.25, 0.3) is 0 Å². The van der Waals surface area contributed by atoms with Gasteiger partial charge in [0.05, 0.1) is 19.3 Å². The minimum absolute atomic E-state index is 0.00551. The van der Waals surface area contributed by atoms with E-state index in [0.717, 1.165) is 5.56 Å². The lowest BCUT2D eigenvalue weighted by molar-refractivity contribution is -0.141. The van der Waals surface area contributed by atoms with E-state index < -0.39 is 90.9 Å². The predicted molar refractivity (Wildman–Crippen MR) is 230 cm³/mol. The molecule has 0 fully saturated rings. The van der Waals surface area contributed by atoms with Gasteiger partial charge in [-0.15, -0.1) is 0 Å². The van der Waals surface area contributed by atoms with E-state index in [1.807, 2.05) is 49.4 Å². The average molecular weight is 876 g/mol. The monoisotopic (exact) mass is 875 g/mol. The van der Waals surface area contributed by atoms with Crippen LogP contribution in [0.3, 0.4) is 0 Å². The van der Waals surface area contributed by atoms with Crippen LogP contribution in [0.15, 0.2) is 84.9 Å². The Morgan fingerprint density at radius 3 is 1.79 bits per heavy atom. The van der Waals surface area contributed by atoms with Crippen molar-refractivity contribution in [2.75, 3.05) is 19.7 Å². The molecule has 7 atom stereocenters. The zero-order valence-corrected chi connectivity index (χ0v) is 35.0. The number of carbonyl (C=O) groups is 7. The van der Waals surface area contributed by atoms with Gasteiger partial charge in [-0.1, -0.05) is 73.7 Å². The SMILES string of the molecule is CC(CC=Cc1ccccc1)C(N)CC(=O)N[C@H](CO)C(=O)N[C@H](C(=O)N[C@H](Cc1ccc(O)cc1)C(=O)NCC(=O)NCCC(=O)N[C@H](Cc1ccc(O)cc1)C(=O)O)C(C)O. The van der Waals surface area contributed by atoms with Crippen molar-refractivity contribution in [2.45, 2.75) is 82.3 Å². The summed E-state index contributed by atoms with van der Waals surface area (Å²) in [7, 11) is 0. The number of phenols is 2. The number of amides is 6. The number of phenolic OH excluding ortho intramolecular Hbond substituents is 2. The molecule has 0 aliphatic rings. The van der Waals surface area contributed by atoms with E-state index in [-0.39, 0.29) is 49.6 Å². The summed E-state index contributed by atoms with van der Waals surface area (Å²) < 4.78 is 0. The van der Waals surface area contributed by atoms with E-state index >= 15 is 0 Å². The standard InChI is InChI=1S/C44H57N7O12/c1-26(7-6-10-28-8-4-3-5-9-28)33(45)23-38(57)49-36(25-52)42(60)51-40(27(2)53)43(61)50-34(21-29-11-15-31(54)16-12-29)41(59)47-24-39(58)46-20-19-37(56)48-35(44(62)63)22-30-13-17-32(55)18-14-30/h3-6,8-18,26-27,33-36,40,52-55H,7,19-25,45H2,1-2H3,(H,46,58)(H,47,59)(H,48,56)(H,49,57)(H,50,61)(H,51,60)(H,62,63)/t26?,27?,33?,34-,35-,36-,40+/m1/s1. The number of aliphatic hydroxyl groups excluding tert-OH is 2. The zero-order valence-electron chi connectivity index (χ0n) is 35.0. The third-order valence-corrected chi connectivity index (χ3v) is 9.78. The van der Waals surface area contributed by atoms with E-state index in [2.05, 4.69) is 31.9 Å². The van der Waals surface area contributed by atoms with Gasteiger partial charge in [-0.05, 0) is 60.2 Å². The number of benzene rings is 3. The number of rotatable bonds is 25. The van der Waals surface area contributed by atoms with E-state index in [9.17, 15) is 59.1 Å². The van der Waals surface area contributed by atoms with Gasteiger partial charge in [0.2, 0.25) is 35.4 Å². The number of allylic oxidation sites excluding steroid dienone is 1. The van der Waals surface area contributed by atoms with E-state index in [1.165, 1.54) is 55.5 Å². The molecule has 0 aromatic heterocycles. The molecule has 0 spiro atoms. The molecule has 3 unspecified atom stereocenters. The van der Waals surface area contributed by atoms with Gasteiger partial charge >= 0.3 is 5.97 Å². The van der Waals surface area contributed by atoms with Gasteiger partial charge in [0.15, 0.2) is 0 Å². The van der Waals surface area contributed by atoms with E-state index in [1.54, 1.807) is 0 Å². The number of hydrogen-bond donors (Lipinski definition) is 12. The second-order valence-corrected chi connectivity index (χ2v) is 15.0. The number of aliphatic carboxylic acids is 1. The Labute approximate surface area is 364 Å². The number of aliphatic hydroxyl groups is 2. The number of carboxylic acids is 1. The summed E-state index contributed by atoms with van der Waals surface area (Å²) >= 11 is 0. The van der Waals surface area contributed by atoms with Gasteiger partial charge in [-0.25, -0.2) is 4.79 Å². The molecule has 0 radical (unpaired) electrons. The Hall–Kier alpha value is -6.83. The summed E-state index contributed by atoms with van der Waals surface area (Å²) in [4.78, 5) is 89.8. The predicted octanol–water partition coefficient (Wildman–Crippen LogP) is -0.641. The fraction of sp³-hybridized carbons (Fsp3) is 0.386. The Morgan fingerprint density at radius 1 is 0.667 bits per heavy atom. The van der Waals surface area contributed by atoms with E-state index in [4.69, 9.17) is 5.73 Å². The highest BCUT2D eigenvalue weighted by atomic mass is 16.4. The van der Waals surface area contributed by atoms with Crippen molar-refractivity contribution in [2.24, 2.45) is 11.7 Å². The highest BCUT2D eigenvalue weighted by molar-refractivity contribution is 5.95. The van der Waals surface area contributed by atoms with Crippen LogP contribution in [0.25, 0.3) is 6.08 Å². The number of nitrogens with two attached hydrogens (primary N) is 1. The number of hydrogen-bond acceptors (Lipinski definition) is 12. The molecule has 13 N–H and O–H groups in total. The first-order valence-electron chi connectivity index (χ1n) is 20.2. The lowest BCUT2D eigenvalue weighted by Crippen LogP contribution is -2.60. The molecule has 6 amide bonds. The van der Waals surface area contributed by atoms with Crippen molar-refractivity contribution < 1.29 is 59.1 Å².